The highest BCUT2D eigenvalue weighted by Crippen LogP contribution is 2.25. The molecule has 114 valence electrons. The van der Waals surface area contributed by atoms with Crippen LogP contribution in [0.3, 0.4) is 0 Å². The molecule has 1 aromatic heterocycles. The van der Waals surface area contributed by atoms with Crippen molar-refractivity contribution >= 4 is 0 Å². The molecule has 2 aromatic rings. The number of ether oxygens (including phenoxy) is 1. The summed E-state index contributed by atoms with van der Waals surface area (Å²) in [6.07, 6.45) is 4.83. The molecule has 1 aromatic carbocycles. The van der Waals surface area contributed by atoms with E-state index in [1.165, 1.54) is 11.1 Å². The standard InChI is InChI=1S/C18H25NO2/c1-4-18-16(12-13-21-18)17(19-5-2)11-8-14-6-9-15(20-3)10-7-14/h6-7,9-10,12-13,17,19H,4-5,8,11H2,1-3H3. The summed E-state index contributed by atoms with van der Waals surface area (Å²) in [6, 6.07) is 10.8. The maximum absolute atomic E-state index is 5.57. The third kappa shape index (κ3) is 4.11. The minimum Gasteiger partial charge on any atom is -0.497 e. The largest absolute Gasteiger partial charge is 0.497 e. The van der Waals surface area contributed by atoms with Crippen molar-refractivity contribution in [3.8, 4) is 5.75 Å². The number of aryl methyl sites for hydroxylation is 2. The van der Waals surface area contributed by atoms with Gasteiger partial charge < -0.3 is 14.5 Å². The second-order valence-corrected chi connectivity index (χ2v) is 5.15. The van der Waals surface area contributed by atoms with Gasteiger partial charge in [0.2, 0.25) is 0 Å². The van der Waals surface area contributed by atoms with Crippen LogP contribution in [-0.2, 0) is 12.8 Å². The molecule has 0 aliphatic carbocycles. The Morgan fingerprint density at radius 1 is 1.14 bits per heavy atom. The van der Waals surface area contributed by atoms with Gasteiger partial charge in [-0.05, 0) is 43.1 Å². The molecule has 1 unspecified atom stereocenters. The van der Waals surface area contributed by atoms with Crippen molar-refractivity contribution in [3.05, 3.63) is 53.5 Å². The fourth-order valence-corrected chi connectivity index (χ4v) is 2.67. The topological polar surface area (TPSA) is 34.4 Å². The molecule has 21 heavy (non-hydrogen) atoms. The predicted octanol–water partition coefficient (Wildman–Crippen LogP) is 4.13. The molecule has 0 bridgehead atoms. The molecule has 2 rings (SSSR count). The van der Waals surface area contributed by atoms with Gasteiger partial charge in [0.15, 0.2) is 0 Å². The second kappa shape index (κ2) is 7.89. The summed E-state index contributed by atoms with van der Waals surface area (Å²) in [5.41, 5.74) is 2.63. The first-order valence-electron chi connectivity index (χ1n) is 7.71. The van der Waals surface area contributed by atoms with Crippen molar-refractivity contribution < 1.29 is 9.15 Å². The van der Waals surface area contributed by atoms with Crippen LogP contribution in [0.4, 0.5) is 0 Å². The summed E-state index contributed by atoms with van der Waals surface area (Å²) in [6.45, 7) is 5.24. The summed E-state index contributed by atoms with van der Waals surface area (Å²) in [4.78, 5) is 0. The van der Waals surface area contributed by atoms with Crippen LogP contribution in [0, 0.1) is 0 Å². The molecule has 3 heteroatoms. The van der Waals surface area contributed by atoms with E-state index in [9.17, 15) is 0 Å². The van der Waals surface area contributed by atoms with E-state index in [1.807, 2.05) is 12.1 Å². The van der Waals surface area contributed by atoms with Crippen molar-refractivity contribution in [2.45, 2.75) is 39.2 Å². The molecular weight excluding hydrogens is 262 g/mol. The summed E-state index contributed by atoms with van der Waals surface area (Å²) < 4.78 is 10.8. The Hall–Kier alpha value is -1.74. The van der Waals surface area contributed by atoms with E-state index in [0.717, 1.165) is 37.3 Å². The molecule has 1 N–H and O–H groups in total. The van der Waals surface area contributed by atoms with Gasteiger partial charge in [0.05, 0.1) is 13.4 Å². The molecule has 0 aliphatic heterocycles. The van der Waals surface area contributed by atoms with Crippen LogP contribution in [-0.4, -0.2) is 13.7 Å². The monoisotopic (exact) mass is 287 g/mol. The smallest absolute Gasteiger partial charge is 0.118 e. The Morgan fingerprint density at radius 3 is 2.52 bits per heavy atom. The van der Waals surface area contributed by atoms with Gasteiger partial charge in [-0.1, -0.05) is 26.0 Å². The van der Waals surface area contributed by atoms with Crippen LogP contribution in [0.15, 0.2) is 41.0 Å². The van der Waals surface area contributed by atoms with Crippen molar-refractivity contribution in [1.82, 2.24) is 5.32 Å². The summed E-state index contributed by atoms with van der Waals surface area (Å²) in [7, 11) is 1.70. The fourth-order valence-electron chi connectivity index (χ4n) is 2.67. The maximum Gasteiger partial charge on any atom is 0.118 e. The summed E-state index contributed by atoms with van der Waals surface area (Å²) >= 11 is 0. The van der Waals surface area contributed by atoms with E-state index in [2.05, 4.69) is 37.4 Å². The lowest BCUT2D eigenvalue weighted by Crippen LogP contribution is -2.22. The lowest BCUT2D eigenvalue weighted by Gasteiger charge is -2.18. The van der Waals surface area contributed by atoms with Gasteiger partial charge in [-0.25, -0.2) is 0 Å². The van der Waals surface area contributed by atoms with Crippen LogP contribution in [0.25, 0.3) is 0 Å². The first-order valence-corrected chi connectivity index (χ1v) is 7.71. The Kier molecular flexibility index (Phi) is 5.88. The molecule has 0 amide bonds. The molecule has 0 spiro atoms. The van der Waals surface area contributed by atoms with E-state index in [0.29, 0.717) is 6.04 Å². The molecule has 0 fully saturated rings. The van der Waals surface area contributed by atoms with Crippen LogP contribution in [0.5, 0.6) is 5.75 Å². The zero-order valence-corrected chi connectivity index (χ0v) is 13.2. The Balaban J connectivity index is 2.02. The minimum absolute atomic E-state index is 0.353. The molecule has 1 heterocycles. The van der Waals surface area contributed by atoms with Gasteiger partial charge in [-0.2, -0.15) is 0 Å². The van der Waals surface area contributed by atoms with Gasteiger partial charge in [-0.15, -0.1) is 0 Å². The highest BCUT2D eigenvalue weighted by atomic mass is 16.5. The van der Waals surface area contributed by atoms with Crippen molar-refractivity contribution in [1.29, 1.82) is 0 Å². The number of benzene rings is 1. The minimum atomic E-state index is 0.353. The van der Waals surface area contributed by atoms with Gasteiger partial charge in [-0.3, -0.25) is 0 Å². The fraction of sp³-hybridized carbons (Fsp3) is 0.444. The summed E-state index contributed by atoms with van der Waals surface area (Å²) in [5, 5.41) is 3.57. The van der Waals surface area contributed by atoms with Crippen molar-refractivity contribution in [3.63, 3.8) is 0 Å². The molecular formula is C18H25NO2. The summed E-state index contributed by atoms with van der Waals surface area (Å²) in [5.74, 6) is 2.00. The molecule has 0 saturated heterocycles. The van der Waals surface area contributed by atoms with Crippen molar-refractivity contribution in [2.75, 3.05) is 13.7 Å². The van der Waals surface area contributed by atoms with Crippen LogP contribution < -0.4 is 10.1 Å². The third-order valence-corrected chi connectivity index (χ3v) is 3.81. The number of methoxy groups -OCH3 is 1. The maximum atomic E-state index is 5.57. The Morgan fingerprint density at radius 2 is 1.90 bits per heavy atom. The van der Waals surface area contributed by atoms with E-state index >= 15 is 0 Å². The Bertz CT molecular complexity index is 530. The molecule has 1 atom stereocenters. The van der Waals surface area contributed by atoms with Gasteiger partial charge in [0.25, 0.3) is 0 Å². The van der Waals surface area contributed by atoms with E-state index in [1.54, 1.807) is 13.4 Å². The van der Waals surface area contributed by atoms with E-state index in [4.69, 9.17) is 9.15 Å². The molecule has 0 aliphatic rings. The first kappa shape index (κ1) is 15.6. The van der Waals surface area contributed by atoms with Crippen LogP contribution in [0.1, 0.15) is 43.2 Å². The number of hydrogen-bond donors (Lipinski definition) is 1. The van der Waals surface area contributed by atoms with Gasteiger partial charge in [0, 0.05) is 18.0 Å². The van der Waals surface area contributed by atoms with Gasteiger partial charge >= 0.3 is 0 Å². The second-order valence-electron chi connectivity index (χ2n) is 5.15. The first-order chi connectivity index (χ1) is 10.3. The average molecular weight is 287 g/mol. The van der Waals surface area contributed by atoms with E-state index < -0.39 is 0 Å². The van der Waals surface area contributed by atoms with Crippen LogP contribution in [0.2, 0.25) is 0 Å². The number of rotatable bonds is 8. The van der Waals surface area contributed by atoms with E-state index in [-0.39, 0.29) is 0 Å². The third-order valence-electron chi connectivity index (χ3n) is 3.81. The van der Waals surface area contributed by atoms with Gasteiger partial charge in [0.1, 0.15) is 11.5 Å². The number of nitrogens with one attached hydrogen (secondary N) is 1. The highest BCUT2D eigenvalue weighted by molar-refractivity contribution is 5.28. The highest BCUT2D eigenvalue weighted by Gasteiger charge is 2.16. The average Bonchev–Trinajstić information content (AvgIpc) is 3.00. The quantitative estimate of drug-likeness (QED) is 0.792. The number of furan rings is 1. The Labute approximate surface area is 127 Å². The van der Waals surface area contributed by atoms with Crippen molar-refractivity contribution in [2.24, 2.45) is 0 Å². The normalized spacial score (nSPS) is 12.3. The zero-order valence-electron chi connectivity index (χ0n) is 13.2. The molecule has 0 radical (unpaired) electrons. The lowest BCUT2D eigenvalue weighted by molar-refractivity contribution is 0.414. The van der Waals surface area contributed by atoms with Crippen LogP contribution >= 0.6 is 0 Å². The SMILES string of the molecule is CCNC(CCc1ccc(OC)cc1)c1ccoc1CC. The lowest BCUT2D eigenvalue weighted by atomic mass is 9.98. The molecule has 0 saturated carbocycles. The predicted molar refractivity (Wildman–Crippen MR) is 85.8 cm³/mol. The molecule has 3 nitrogen and oxygen atoms in total. The zero-order chi connectivity index (χ0) is 15.1. The number of hydrogen-bond acceptors (Lipinski definition) is 3.